The molecule has 1 aliphatic heterocycles. The van der Waals surface area contributed by atoms with Crippen LogP contribution in [-0.4, -0.2) is 41.2 Å². The number of benzene rings is 1. The van der Waals surface area contributed by atoms with Gasteiger partial charge in [0.1, 0.15) is 11.9 Å². The van der Waals surface area contributed by atoms with Crippen LogP contribution >= 0.6 is 0 Å². The maximum Gasteiger partial charge on any atom is 0.407 e. The lowest BCUT2D eigenvalue weighted by molar-refractivity contribution is 0.0795. The molecule has 2 amide bonds. The summed E-state index contributed by atoms with van der Waals surface area (Å²) in [6.07, 6.45) is 0.328. The van der Waals surface area contributed by atoms with Gasteiger partial charge in [0.25, 0.3) is 0 Å². The summed E-state index contributed by atoms with van der Waals surface area (Å²) in [6, 6.07) is 4.57. The van der Waals surface area contributed by atoms with Gasteiger partial charge in [-0.05, 0) is 31.0 Å². The SMILES string of the molecule is NC(=O)c1ccc(O[C@H]2CCCN(C(=O)O)C2)c(N)c1. The maximum absolute atomic E-state index is 11.0. The minimum Gasteiger partial charge on any atom is -0.486 e. The standard InChI is InChI=1S/C13H17N3O4/c14-10-6-8(12(15)17)3-4-11(10)20-9-2-1-5-16(7-9)13(18)19/h3-4,6,9H,1-2,5,7,14H2,(H2,15,17)(H,18,19)/t9-/m0/s1. The number of nitrogens with zero attached hydrogens (tertiary/aromatic N) is 1. The molecule has 1 aromatic carbocycles. The zero-order valence-corrected chi connectivity index (χ0v) is 10.9. The highest BCUT2D eigenvalue weighted by Crippen LogP contribution is 2.25. The first kappa shape index (κ1) is 14.0. The Morgan fingerprint density at radius 3 is 2.75 bits per heavy atom. The van der Waals surface area contributed by atoms with Gasteiger partial charge in [-0.1, -0.05) is 0 Å². The van der Waals surface area contributed by atoms with Crippen LogP contribution in [0.25, 0.3) is 0 Å². The fourth-order valence-electron chi connectivity index (χ4n) is 2.20. The Kier molecular flexibility index (Phi) is 3.97. The summed E-state index contributed by atoms with van der Waals surface area (Å²) < 4.78 is 5.72. The molecule has 7 heteroatoms. The van der Waals surface area contributed by atoms with Crippen LogP contribution in [0.3, 0.4) is 0 Å². The molecule has 1 fully saturated rings. The third kappa shape index (κ3) is 3.11. The number of hydrogen-bond donors (Lipinski definition) is 3. The van der Waals surface area contributed by atoms with Crippen LogP contribution in [0.5, 0.6) is 5.75 Å². The zero-order chi connectivity index (χ0) is 14.7. The Hall–Kier alpha value is -2.44. The molecule has 108 valence electrons. The van der Waals surface area contributed by atoms with E-state index in [0.29, 0.717) is 30.1 Å². The van der Waals surface area contributed by atoms with Crippen molar-refractivity contribution >= 4 is 17.7 Å². The molecule has 7 nitrogen and oxygen atoms in total. The molecule has 0 aromatic heterocycles. The van der Waals surface area contributed by atoms with Crippen molar-refractivity contribution in [2.45, 2.75) is 18.9 Å². The van der Waals surface area contributed by atoms with Gasteiger partial charge in [-0.2, -0.15) is 0 Å². The molecular weight excluding hydrogens is 262 g/mol. The first-order chi connectivity index (χ1) is 9.47. The highest BCUT2D eigenvalue weighted by atomic mass is 16.5. The number of piperidine rings is 1. The van der Waals surface area contributed by atoms with Crippen molar-refractivity contribution < 1.29 is 19.4 Å². The molecule has 1 atom stereocenters. The van der Waals surface area contributed by atoms with Crippen LogP contribution in [-0.2, 0) is 0 Å². The van der Waals surface area contributed by atoms with E-state index in [0.717, 1.165) is 12.8 Å². The van der Waals surface area contributed by atoms with E-state index in [4.69, 9.17) is 21.3 Å². The number of likely N-dealkylation sites (tertiary alicyclic amines) is 1. The highest BCUT2D eigenvalue weighted by Gasteiger charge is 2.24. The molecule has 0 unspecified atom stereocenters. The van der Waals surface area contributed by atoms with Gasteiger partial charge in [-0.25, -0.2) is 4.79 Å². The van der Waals surface area contributed by atoms with Crippen LogP contribution in [0, 0.1) is 0 Å². The number of hydrogen-bond acceptors (Lipinski definition) is 4. The minimum absolute atomic E-state index is 0.235. The number of primary amides is 1. The summed E-state index contributed by atoms with van der Waals surface area (Å²) in [4.78, 5) is 23.3. The van der Waals surface area contributed by atoms with Crippen molar-refractivity contribution in [2.75, 3.05) is 18.8 Å². The lowest BCUT2D eigenvalue weighted by Crippen LogP contribution is -2.43. The van der Waals surface area contributed by atoms with E-state index in [9.17, 15) is 9.59 Å². The second kappa shape index (κ2) is 5.68. The van der Waals surface area contributed by atoms with Crippen LogP contribution in [0.1, 0.15) is 23.2 Å². The van der Waals surface area contributed by atoms with Gasteiger partial charge in [0, 0.05) is 12.1 Å². The third-order valence-corrected chi connectivity index (χ3v) is 3.24. The average molecular weight is 279 g/mol. The Labute approximate surface area is 116 Å². The van der Waals surface area contributed by atoms with Crippen LogP contribution < -0.4 is 16.2 Å². The normalized spacial score (nSPS) is 18.6. The van der Waals surface area contributed by atoms with E-state index in [1.165, 1.54) is 17.0 Å². The monoisotopic (exact) mass is 279 g/mol. The molecule has 1 aliphatic rings. The van der Waals surface area contributed by atoms with Crippen molar-refractivity contribution in [1.29, 1.82) is 0 Å². The van der Waals surface area contributed by atoms with Gasteiger partial charge in [0.15, 0.2) is 0 Å². The Morgan fingerprint density at radius 1 is 1.40 bits per heavy atom. The molecule has 1 saturated heterocycles. The predicted octanol–water partition coefficient (Wildman–Crippen LogP) is 0.889. The molecule has 1 heterocycles. The van der Waals surface area contributed by atoms with Gasteiger partial charge in [-0.15, -0.1) is 0 Å². The van der Waals surface area contributed by atoms with Crippen molar-refractivity contribution in [1.82, 2.24) is 4.90 Å². The van der Waals surface area contributed by atoms with E-state index in [1.54, 1.807) is 6.07 Å². The first-order valence-corrected chi connectivity index (χ1v) is 6.31. The van der Waals surface area contributed by atoms with Gasteiger partial charge in [-0.3, -0.25) is 4.79 Å². The topological polar surface area (TPSA) is 119 Å². The van der Waals surface area contributed by atoms with Crippen molar-refractivity contribution in [3.8, 4) is 5.75 Å². The Balaban J connectivity index is 2.06. The van der Waals surface area contributed by atoms with Crippen LogP contribution in [0.2, 0.25) is 0 Å². The molecule has 0 saturated carbocycles. The molecule has 5 N–H and O–H groups in total. The lowest BCUT2D eigenvalue weighted by Gasteiger charge is -2.31. The lowest BCUT2D eigenvalue weighted by atomic mass is 10.1. The maximum atomic E-state index is 11.0. The number of carbonyl (C=O) groups is 2. The molecule has 1 aromatic rings. The number of anilines is 1. The Morgan fingerprint density at radius 2 is 2.15 bits per heavy atom. The average Bonchev–Trinajstić information content (AvgIpc) is 2.41. The number of amides is 2. The van der Waals surface area contributed by atoms with Crippen molar-refractivity contribution in [3.05, 3.63) is 23.8 Å². The van der Waals surface area contributed by atoms with Crippen LogP contribution in [0.4, 0.5) is 10.5 Å². The number of rotatable bonds is 3. The van der Waals surface area contributed by atoms with E-state index in [1.807, 2.05) is 0 Å². The largest absolute Gasteiger partial charge is 0.486 e. The van der Waals surface area contributed by atoms with E-state index in [-0.39, 0.29) is 6.10 Å². The number of carboxylic acid groups (broad SMARTS) is 1. The molecule has 0 radical (unpaired) electrons. The summed E-state index contributed by atoms with van der Waals surface area (Å²) >= 11 is 0. The van der Waals surface area contributed by atoms with E-state index in [2.05, 4.69) is 0 Å². The minimum atomic E-state index is -0.949. The fourth-order valence-corrected chi connectivity index (χ4v) is 2.20. The molecule has 0 aliphatic carbocycles. The van der Waals surface area contributed by atoms with Gasteiger partial charge in [0.2, 0.25) is 5.91 Å². The first-order valence-electron chi connectivity index (χ1n) is 6.31. The molecular formula is C13H17N3O4. The van der Waals surface area contributed by atoms with E-state index >= 15 is 0 Å². The highest BCUT2D eigenvalue weighted by molar-refractivity contribution is 5.94. The number of nitrogens with two attached hydrogens (primary N) is 2. The molecule has 0 spiro atoms. The fraction of sp³-hybridized carbons (Fsp3) is 0.385. The van der Waals surface area contributed by atoms with Gasteiger partial charge in [0.05, 0.1) is 12.2 Å². The summed E-state index contributed by atoms with van der Waals surface area (Å²) in [5.74, 6) is -0.120. The number of nitrogen functional groups attached to an aromatic ring is 1. The zero-order valence-electron chi connectivity index (χ0n) is 10.9. The van der Waals surface area contributed by atoms with Crippen molar-refractivity contribution in [3.63, 3.8) is 0 Å². The molecule has 0 bridgehead atoms. The van der Waals surface area contributed by atoms with Gasteiger partial charge >= 0.3 is 6.09 Å². The van der Waals surface area contributed by atoms with Crippen LogP contribution in [0.15, 0.2) is 18.2 Å². The predicted molar refractivity (Wildman–Crippen MR) is 72.6 cm³/mol. The van der Waals surface area contributed by atoms with Crippen molar-refractivity contribution in [2.24, 2.45) is 5.73 Å². The second-order valence-electron chi connectivity index (χ2n) is 4.73. The third-order valence-electron chi connectivity index (χ3n) is 3.24. The number of ether oxygens (including phenoxy) is 1. The molecule has 2 rings (SSSR count). The summed E-state index contributed by atoms with van der Waals surface area (Å²) in [6.45, 7) is 0.831. The molecule has 20 heavy (non-hydrogen) atoms. The smallest absolute Gasteiger partial charge is 0.407 e. The Bertz CT molecular complexity index is 532. The summed E-state index contributed by atoms with van der Waals surface area (Å²) in [7, 11) is 0. The summed E-state index contributed by atoms with van der Waals surface area (Å²) in [5, 5.41) is 8.97. The number of carbonyl (C=O) groups excluding carboxylic acids is 1. The summed E-state index contributed by atoms with van der Waals surface area (Å²) in [5.41, 5.74) is 11.6. The van der Waals surface area contributed by atoms with Gasteiger partial charge < -0.3 is 26.2 Å². The van der Waals surface area contributed by atoms with E-state index < -0.39 is 12.0 Å². The second-order valence-corrected chi connectivity index (χ2v) is 4.73. The quantitative estimate of drug-likeness (QED) is 0.710.